The van der Waals surface area contributed by atoms with Crippen molar-refractivity contribution >= 4 is 40.1 Å². The van der Waals surface area contributed by atoms with Gasteiger partial charge >= 0.3 is 5.97 Å². The number of hydrogen-bond acceptors (Lipinski definition) is 6. The summed E-state index contributed by atoms with van der Waals surface area (Å²) >= 11 is 13.0. The van der Waals surface area contributed by atoms with Crippen molar-refractivity contribution in [1.82, 2.24) is 14.9 Å². The predicted octanol–water partition coefficient (Wildman–Crippen LogP) is 7.50. The Kier molecular flexibility index (Phi) is 7.15. The Morgan fingerprint density at radius 3 is 2.48 bits per heavy atom. The van der Waals surface area contributed by atoms with Crippen LogP contribution in [0.15, 0.2) is 40.9 Å². The fraction of sp³-hybridized carbons (Fsp3) is 0.433. The van der Waals surface area contributed by atoms with E-state index in [4.69, 9.17) is 32.5 Å². The van der Waals surface area contributed by atoms with Gasteiger partial charge in [-0.25, -0.2) is 4.79 Å². The van der Waals surface area contributed by atoms with E-state index >= 15 is 0 Å². The van der Waals surface area contributed by atoms with E-state index in [2.05, 4.69) is 10.3 Å². The molecule has 0 amide bonds. The van der Waals surface area contributed by atoms with Crippen molar-refractivity contribution in [3.05, 3.63) is 69.0 Å². The molecule has 0 spiro atoms. The minimum Gasteiger partial charge on any atom is -0.476 e. The van der Waals surface area contributed by atoms with Gasteiger partial charge in [0.1, 0.15) is 11.5 Å². The van der Waals surface area contributed by atoms with Crippen LogP contribution in [0.25, 0.3) is 22.2 Å². The molecule has 2 N–H and O–H groups in total. The second kappa shape index (κ2) is 10.5. The SMILES string of the molecule is CC(C)n1nc(C(=O)O)c2ccc([C@]3(O)CC[C@@H](OCc4c(-c5c(Cl)cccc5Cl)noc4C4CC4)CC3)cc21. The van der Waals surface area contributed by atoms with Crippen LogP contribution >= 0.6 is 23.2 Å². The lowest BCUT2D eigenvalue weighted by molar-refractivity contribution is -0.0640. The van der Waals surface area contributed by atoms with E-state index in [0.29, 0.717) is 70.4 Å². The molecular formula is C30H31Cl2N3O5. The third kappa shape index (κ3) is 4.91. The van der Waals surface area contributed by atoms with Gasteiger partial charge in [0.2, 0.25) is 0 Å². The summed E-state index contributed by atoms with van der Waals surface area (Å²) in [4.78, 5) is 11.7. The first-order chi connectivity index (χ1) is 19.2. The maximum absolute atomic E-state index is 11.7. The lowest BCUT2D eigenvalue weighted by Crippen LogP contribution is -2.34. The molecule has 2 aromatic heterocycles. The van der Waals surface area contributed by atoms with Crippen molar-refractivity contribution in [2.75, 3.05) is 0 Å². The number of carbonyl (C=O) groups is 1. The van der Waals surface area contributed by atoms with Crippen molar-refractivity contribution in [1.29, 1.82) is 0 Å². The summed E-state index contributed by atoms with van der Waals surface area (Å²) in [7, 11) is 0. The van der Waals surface area contributed by atoms with Gasteiger partial charge in [0.25, 0.3) is 0 Å². The summed E-state index contributed by atoms with van der Waals surface area (Å²) in [5, 5.41) is 31.5. The molecular weight excluding hydrogens is 553 g/mol. The first-order valence-electron chi connectivity index (χ1n) is 13.7. The van der Waals surface area contributed by atoms with E-state index in [9.17, 15) is 15.0 Å². The zero-order valence-corrected chi connectivity index (χ0v) is 23.9. The molecule has 6 rings (SSSR count). The van der Waals surface area contributed by atoms with Crippen LogP contribution in [0.4, 0.5) is 0 Å². The number of halogens is 2. The van der Waals surface area contributed by atoms with E-state index in [1.54, 1.807) is 28.9 Å². The summed E-state index contributed by atoms with van der Waals surface area (Å²) in [6, 6.07) is 10.8. The molecule has 2 fully saturated rings. The molecule has 10 heteroatoms. The Hall–Kier alpha value is -2.91. The summed E-state index contributed by atoms with van der Waals surface area (Å²) < 4.78 is 13.9. The lowest BCUT2D eigenvalue weighted by atomic mass is 9.78. The van der Waals surface area contributed by atoms with E-state index in [-0.39, 0.29) is 17.8 Å². The highest BCUT2D eigenvalue weighted by atomic mass is 35.5. The fourth-order valence-electron chi connectivity index (χ4n) is 5.75. The molecule has 2 aliphatic carbocycles. The monoisotopic (exact) mass is 583 g/mol. The zero-order valence-electron chi connectivity index (χ0n) is 22.4. The molecule has 2 saturated carbocycles. The number of fused-ring (bicyclic) bond motifs is 1. The third-order valence-electron chi connectivity index (χ3n) is 8.13. The molecule has 2 aliphatic rings. The topological polar surface area (TPSA) is 111 Å². The average molecular weight is 584 g/mol. The maximum atomic E-state index is 11.7. The van der Waals surface area contributed by atoms with Gasteiger partial charge in [-0.15, -0.1) is 0 Å². The molecule has 0 unspecified atom stereocenters. The van der Waals surface area contributed by atoms with Crippen molar-refractivity contribution in [2.24, 2.45) is 0 Å². The second-order valence-corrected chi connectivity index (χ2v) is 12.0. The number of rotatable bonds is 8. The molecule has 0 radical (unpaired) electrons. The highest BCUT2D eigenvalue weighted by Gasteiger charge is 2.37. The minimum absolute atomic E-state index is 0.0203. The van der Waals surface area contributed by atoms with Gasteiger partial charge in [-0.1, -0.05) is 40.5 Å². The summed E-state index contributed by atoms with van der Waals surface area (Å²) in [6.45, 7) is 4.24. The molecule has 40 heavy (non-hydrogen) atoms. The Balaban J connectivity index is 1.19. The Morgan fingerprint density at radius 2 is 1.85 bits per heavy atom. The summed E-state index contributed by atoms with van der Waals surface area (Å²) in [5.41, 5.74) is 2.64. The van der Waals surface area contributed by atoms with Crippen molar-refractivity contribution in [3.63, 3.8) is 0 Å². The molecule has 2 heterocycles. The number of aromatic nitrogens is 3. The summed E-state index contributed by atoms with van der Waals surface area (Å²) in [6.07, 6.45) is 4.46. The molecule has 0 saturated heterocycles. The Bertz CT molecular complexity index is 1560. The standard InChI is InChI=1S/C30H31Cl2N3O5/c1-16(2)35-24-14-18(8-9-20(24)27(33-35)29(36)37)30(38)12-10-19(11-13-30)39-15-21-26(34-40-28(21)17-6-7-17)25-22(31)4-3-5-23(25)32/h3-5,8-9,14,16-17,19,38H,6-7,10-13,15H2,1-2H3,(H,36,37)/t19-,30+. The molecule has 0 aliphatic heterocycles. The van der Waals surface area contributed by atoms with Crippen molar-refractivity contribution in [3.8, 4) is 11.3 Å². The van der Waals surface area contributed by atoms with Crippen molar-refractivity contribution < 1.29 is 24.3 Å². The van der Waals surface area contributed by atoms with E-state index in [1.807, 2.05) is 26.0 Å². The van der Waals surface area contributed by atoms with Gasteiger partial charge in [-0.2, -0.15) is 5.10 Å². The molecule has 0 bridgehead atoms. The van der Waals surface area contributed by atoms with Crippen LogP contribution in [-0.2, 0) is 16.9 Å². The highest BCUT2D eigenvalue weighted by molar-refractivity contribution is 6.39. The van der Waals surface area contributed by atoms with Crippen LogP contribution in [0, 0.1) is 0 Å². The van der Waals surface area contributed by atoms with Crippen LogP contribution in [0.2, 0.25) is 10.0 Å². The Morgan fingerprint density at radius 1 is 1.15 bits per heavy atom. The van der Waals surface area contributed by atoms with Gasteiger partial charge in [0.15, 0.2) is 5.69 Å². The van der Waals surface area contributed by atoms with Crippen LogP contribution < -0.4 is 0 Å². The number of carboxylic acids is 1. The number of carboxylic acid groups (broad SMARTS) is 1. The lowest BCUT2D eigenvalue weighted by Gasteiger charge is -2.36. The molecule has 210 valence electrons. The molecule has 2 aromatic carbocycles. The van der Waals surface area contributed by atoms with Crippen LogP contribution in [0.3, 0.4) is 0 Å². The highest BCUT2D eigenvalue weighted by Crippen LogP contribution is 2.47. The molecule has 0 atom stereocenters. The second-order valence-electron chi connectivity index (χ2n) is 11.2. The van der Waals surface area contributed by atoms with Gasteiger partial charge in [0, 0.05) is 28.5 Å². The molecule has 4 aromatic rings. The Labute approximate surface area is 241 Å². The van der Waals surface area contributed by atoms with E-state index in [0.717, 1.165) is 29.7 Å². The first-order valence-corrected chi connectivity index (χ1v) is 14.4. The molecule has 8 nitrogen and oxygen atoms in total. The van der Waals surface area contributed by atoms with Crippen LogP contribution in [-0.4, -0.2) is 37.2 Å². The number of ether oxygens (including phenoxy) is 1. The zero-order chi connectivity index (χ0) is 28.2. The van der Waals surface area contributed by atoms with Gasteiger partial charge in [-0.05, 0) is 82.2 Å². The average Bonchev–Trinajstić information content (AvgIpc) is 3.56. The van der Waals surface area contributed by atoms with Crippen molar-refractivity contribution in [2.45, 2.75) is 82.6 Å². The van der Waals surface area contributed by atoms with Crippen LogP contribution in [0.1, 0.15) is 91.7 Å². The quantitative estimate of drug-likeness (QED) is 0.221. The number of aliphatic hydroxyl groups is 1. The number of hydrogen-bond donors (Lipinski definition) is 2. The van der Waals surface area contributed by atoms with E-state index < -0.39 is 11.6 Å². The third-order valence-corrected chi connectivity index (χ3v) is 8.76. The number of benzene rings is 2. The van der Waals surface area contributed by atoms with Crippen LogP contribution in [0.5, 0.6) is 0 Å². The first kappa shape index (κ1) is 27.3. The predicted molar refractivity (Wildman–Crippen MR) is 152 cm³/mol. The van der Waals surface area contributed by atoms with E-state index in [1.165, 1.54) is 0 Å². The summed E-state index contributed by atoms with van der Waals surface area (Å²) in [5.74, 6) is 0.119. The number of aromatic carboxylic acids is 1. The van der Waals surface area contributed by atoms with Gasteiger partial charge < -0.3 is 19.5 Å². The fourth-order valence-corrected chi connectivity index (χ4v) is 6.33. The number of nitrogens with zero attached hydrogens (tertiary/aromatic N) is 3. The maximum Gasteiger partial charge on any atom is 0.357 e. The smallest absolute Gasteiger partial charge is 0.357 e. The largest absolute Gasteiger partial charge is 0.476 e. The van der Waals surface area contributed by atoms with Gasteiger partial charge in [0.05, 0.1) is 33.9 Å². The normalized spacial score (nSPS) is 21.4. The minimum atomic E-state index is -1.06. The van der Waals surface area contributed by atoms with Gasteiger partial charge in [-0.3, -0.25) is 4.68 Å².